The molecule has 0 fully saturated rings. The Balaban J connectivity index is 1.24. The van der Waals surface area contributed by atoms with Gasteiger partial charge in [-0.1, -0.05) is 84.9 Å². The lowest BCUT2D eigenvalue weighted by Gasteiger charge is -2.12. The maximum Gasteiger partial charge on any atom is 0.247 e. The lowest BCUT2D eigenvalue weighted by atomic mass is 10.1. The van der Waals surface area contributed by atoms with Crippen LogP contribution < -0.4 is 20.9 Å². The number of rotatable bonds is 9. The molecule has 3 N–H and O–H groups in total. The van der Waals surface area contributed by atoms with Crippen LogP contribution in [0, 0.1) is 0 Å². The zero-order valence-electron chi connectivity index (χ0n) is 22.3. The lowest BCUT2D eigenvalue weighted by molar-refractivity contribution is 0.417. The first-order valence-corrected chi connectivity index (χ1v) is 13.1. The Labute approximate surface area is 237 Å². The van der Waals surface area contributed by atoms with Gasteiger partial charge in [-0.25, -0.2) is 5.43 Å². The third-order valence-electron chi connectivity index (χ3n) is 6.41. The van der Waals surface area contributed by atoms with Gasteiger partial charge in [0.15, 0.2) is 5.82 Å². The van der Waals surface area contributed by atoms with Gasteiger partial charge in [0.05, 0.1) is 25.2 Å². The monoisotopic (exact) mass is 537 g/mol. The summed E-state index contributed by atoms with van der Waals surface area (Å²) in [7, 11) is 1.63. The van der Waals surface area contributed by atoms with E-state index >= 15 is 0 Å². The first-order valence-electron chi connectivity index (χ1n) is 13.1. The molecule has 200 valence electrons. The number of fused-ring (bicyclic) bond motifs is 2. The molecule has 1 heterocycles. The van der Waals surface area contributed by atoms with Crippen molar-refractivity contribution in [2.24, 2.45) is 10.2 Å². The van der Waals surface area contributed by atoms with E-state index in [9.17, 15) is 0 Å². The molecule has 0 aliphatic rings. The zero-order chi connectivity index (χ0) is 27.9. The molecule has 8 nitrogen and oxygen atoms in total. The molecule has 6 rings (SSSR count). The highest BCUT2D eigenvalue weighted by molar-refractivity contribution is 5.91. The van der Waals surface area contributed by atoms with E-state index in [1.807, 2.05) is 60.7 Å². The molecule has 0 bridgehead atoms. The average molecular weight is 538 g/mol. The number of aromatic nitrogens is 2. The van der Waals surface area contributed by atoms with Gasteiger partial charge in [0.1, 0.15) is 11.6 Å². The molecule has 41 heavy (non-hydrogen) atoms. The smallest absolute Gasteiger partial charge is 0.247 e. The normalized spacial score (nSPS) is 11.3. The Morgan fingerprint density at radius 1 is 0.585 bits per heavy atom. The third kappa shape index (κ3) is 6.29. The number of benzene rings is 5. The number of methoxy groups -OCH3 is 1. The Kier molecular flexibility index (Phi) is 7.44. The van der Waals surface area contributed by atoms with Crippen molar-refractivity contribution in [3.8, 4) is 5.75 Å². The van der Waals surface area contributed by atoms with Crippen LogP contribution in [0.1, 0.15) is 11.1 Å². The number of para-hydroxylation sites is 2. The van der Waals surface area contributed by atoms with Crippen molar-refractivity contribution in [1.29, 1.82) is 0 Å². The summed E-state index contributed by atoms with van der Waals surface area (Å²) in [5.41, 5.74) is 8.66. The van der Waals surface area contributed by atoms with Gasteiger partial charge in [-0.2, -0.15) is 20.2 Å². The van der Waals surface area contributed by atoms with Crippen LogP contribution in [0.5, 0.6) is 5.75 Å². The summed E-state index contributed by atoms with van der Waals surface area (Å²) in [4.78, 5) is 9.14. The van der Waals surface area contributed by atoms with Crippen molar-refractivity contribution >= 4 is 57.2 Å². The fourth-order valence-corrected chi connectivity index (χ4v) is 4.42. The van der Waals surface area contributed by atoms with Gasteiger partial charge in [0, 0.05) is 6.07 Å². The third-order valence-corrected chi connectivity index (χ3v) is 6.41. The van der Waals surface area contributed by atoms with Crippen LogP contribution in [0.25, 0.3) is 21.5 Å². The largest absolute Gasteiger partial charge is 0.495 e. The lowest BCUT2D eigenvalue weighted by Crippen LogP contribution is -2.04. The Hall–Kier alpha value is -5.76. The first-order chi connectivity index (χ1) is 20.2. The highest BCUT2D eigenvalue weighted by atomic mass is 16.5. The predicted octanol–water partition coefficient (Wildman–Crippen LogP) is 7.43. The molecule has 0 atom stereocenters. The van der Waals surface area contributed by atoms with Gasteiger partial charge in [-0.15, -0.1) is 0 Å². The molecule has 0 unspecified atom stereocenters. The van der Waals surface area contributed by atoms with E-state index in [-0.39, 0.29) is 0 Å². The molecule has 0 aliphatic carbocycles. The van der Waals surface area contributed by atoms with E-state index in [1.165, 1.54) is 10.8 Å². The van der Waals surface area contributed by atoms with Gasteiger partial charge in [0.25, 0.3) is 0 Å². The molecule has 0 amide bonds. The predicted molar refractivity (Wildman–Crippen MR) is 169 cm³/mol. The number of ether oxygens (including phenoxy) is 1. The summed E-state index contributed by atoms with van der Waals surface area (Å²) in [6, 6.07) is 38.2. The van der Waals surface area contributed by atoms with Gasteiger partial charge in [-0.3, -0.25) is 5.43 Å². The van der Waals surface area contributed by atoms with Crippen LogP contribution in [-0.2, 0) is 0 Å². The number of hydrogen-bond donors (Lipinski definition) is 3. The molecule has 8 heteroatoms. The summed E-state index contributed by atoms with van der Waals surface area (Å²) in [6.45, 7) is 0. The second-order valence-electron chi connectivity index (χ2n) is 9.24. The SMILES string of the molecule is COc1ccccc1Nc1cc(NN=Cc2ccc3ccccc3c2)nc(NN=Cc2ccc3ccccc3c2)n1. The molecule has 0 radical (unpaired) electrons. The maximum atomic E-state index is 5.48. The fraction of sp³-hybridized carbons (Fsp3) is 0.0303. The van der Waals surface area contributed by atoms with Crippen molar-refractivity contribution in [1.82, 2.24) is 9.97 Å². The van der Waals surface area contributed by atoms with Gasteiger partial charge in [-0.05, 0) is 56.9 Å². The Bertz CT molecular complexity index is 1770. The van der Waals surface area contributed by atoms with Gasteiger partial charge in [0.2, 0.25) is 5.95 Å². The van der Waals surface area contributed by atoms with E-state index in [1.54, 1.807) is 25.6 Å². The second-order valence-corrected chi connectivity index (χ2v) is 9.24. The number of nitrogens with one attached hydrogen (secondary N) is 3. The molecule has 0 saturated carbocycles. The molecular formula is C33H27N7O. The molecule has 5 aromatic carbocycles. The Morgan fingerprint density at radius 2 is 1.15 bits per heavy atom. The van der Waals surface area contributed by atoms with Crippen LogP contribution in [-0.4, -0.2) is 29.5 Å². The number of nitrogens with zero attached hydrogens (tertiary/aromatic N) is 4. The second kappa shape index (κ2) is 12.0. The van der Waals surface area contributed by atoms with Crippen LogP contribution in [0.15, 0.2) is 125 Å². The van der Waals surface area contributed by atoms with Crippen molar-refractivity contribution in [3.05, 3.63) is 126 Å². The van der Waals surface area contributed by atoms with Gasteiger partial charge >= 0.3 is 0 Å². The quantitative estimate of drug-likeness (QED) is 0.131. The van der Waals surface area contributed by atoms with Crippen molar-refractivity contribution < 1.29 is 4.74 Å². The highest BCUT2D eigenvalue weighted by Crippen LogP contribution is 2.27. The molecular weight excluding hydrogens is 510 g/mol. The number of hydrogen-bond acceptors (Lipinski definition) is 8. The van der Waals surface area contributed by atoms with Crippen molar-refractivity contribution in [2.75, 3.05) is 23.3 Å². The van der Waals surface area contributed by atoms with E-state index in [0.717, 1.165) is 27.6 Å². The molecule has 0 aliphatic heterocycles. The molecule has 0 saturated heterocycles. The standard InChI is InChI=1S/C33H27N7O/c1-41-30-13-7-6-12-29(30)36-31-20-32(39-34-21-23-14-16-25-8-2-4-10-27(25)18-23)38-33(37-31)40-35-22-24-15-17-26-9-3-5-11-28(26)19-24/h2-22H,1H3,(H3,36,37,38,39,40). The maximum absolute atomic E-state index is 5.48. The summed E-state index contributed by atoms with van der Waals surface area (Å²) >= 11 is 0. The highest BCUT2D eigenvalue weighted by Gasteiger charge is 2.08. The first kappa shape index (κ1) is 25.5. The van der Waals surface area contributed by atoms with Crippen LogP contribution >= 0.6 is 0 Å². The topological polar surface area (TPSA) is 95.8 Å². The molecule has 1 aromatic heterocycles. The van der Waals surface area contributed by atoms with Crippen LogP contribution in [0.4, 0.5) is 23.3 Å². The minimum Gasteiger partial charge on any atom is -0.495 e. The minimum atomic E-state index is 0.297. The number of hydrazone groups is 2. The van der Waals surface area contributed by atoms with Crippen molar-refractivity contribution in [3.63, 3.8) is 0 Å². The number of anilines is 4. The van der Waals surface area contributed by atoms with Crippen molar-refractivity contribution in [2.45, 2.75) is 0 Å². The zero-order valence-corrected chi connectivity index (χ0v) is 22.3. The summed E-state index contributed by atoms with van der Waals surface area (Å²) in [5.74, 6) is 2.01. The van der Waals surface area contributed by atoms with Gasteiger partial charge < -0.3 is 10.1 Å². The van der Waals surface area contributed by atoms with Crippen LogP contribution in [0.3, 0.4) is 0 Å². The summed E-state index contributed by atoms with van der Waals surface area (Å²) in [6.07, 6.45) is 3.49. The van der Waals surface area contributed by atoms with E-state index in [0.29, 0.717) is 23.3 Å². The van der Waals surface area contributed by atoms with E-state index in [4.69, 9.17) is 4.74 Å². The minimum absolute atomic E-state index is 0.297. The molecule has 0 spiro atoms. The Morgan fingerprint density at radius 3 is 1.80 bits per heavy atom. The van der Waals surface area contributed by atoms with Crippen LogP contribution in [0.2, 0.25) is 0 Å². The average Bonchev–Trinajstić information content (AvgIpc) is 3.01. The fourth-order valence-electron chi connectivity index (χ4n) is 4.42. The van der Waals surface area contributed by atoms with E-state index < -0.39 is 0 Å². The summed E-state index contributed by atoms with van der Waals surface area (Å²) in [5, 5.41) is 16.7. The molecule has 6 aromatic rings. The summed E-state index contributed by atoms with van der Waals surface area (Å²) < 4.78 is 5.48. The van der Waals surface area contributed by atoms with E-state index in [2.05, 4.69) is 84.9 Å².